The van der Waals surface area contributed by atoms with Crippen molar-refractivity contribution in [2.24, 2.45) is 0 Å². The fourth-order valence-corrected chi connectivity index (χ4v) is 1.85. The third-order valence-corrected chi connectivity index (χ3v) is 2.78. The van der Waals surface area contributed by atoms with Gasteiger partial charge >= 0.3 is 0 Å². The lowest BCUT2D eigenvalue weighted by Crippen LogP contribution is -1.90. The first-order chi connectivity index (χ1) is 8.86. The molecule has 0 unspecified atom stereocenters. The number of H-pyrrole nitrogens is 1. The van der Waals surface area contributed by atoms with E-state index in [4.69, 9.17) is 4.74 Å². The molecular formula is C14H12N2O2. The number of aliphatic hydroxyl groups is 1. The summed E-state index contributed by atoms with van der Waals surface area (Å²) in [6.45, 7) is -0.0376. The van der Waals surface area contributed by atoms with Crippen LogP contribution in [0.1, 0.15) is 5.56 Å². The molecule has 4 heteroatoms. The Bertz CT molecular complexity index is 676. The molecule has 1 heterocycles. The van der Waals surface area contributed by atoms with Gasteiger partial charge in [0.15, 0.2) is 0 Å². The highest BCUT2D eigenvalue weighted by Gasteiger charge is 2.04. The van der Waals surface area contributed by atoms with Gasteiger partial charge in [0.05, 0.1) is 18.3 Å². The van der Waals surface area contributed by atoms with Gasteiger partial charge in [-0.05, 0) is 24.3 Å². The van der Waals surface area contributed by atoms with Crippen molar-refractivity contribution in [3.63, 3.8) is 0 Å². The molecule has 3 aromatic rings. The molecule has 0 spiro atoms. The lowest BCUT2D eigenvalue weighted by Gasteiger charge is -2.09. The van der Waals surface area contributed by atoms with Crippen molar-refractivity contribution in [3.8, 4) is 11.5 Å². The summed E-state index contributed by atoms with van der Waals surface area (Å²) >= 11 is 0. The molecule has 0 amide bonds. The van der Waals surface area contributed by atoms with Crippen molar-refractivity contribution in [2.75, 3.05) is 0 Å². The van der Waals surface area contributed by atoms with E-state index >= 15 is 0 Å². The first kappa shape index (κ1) is 10.8. The average Bonchev–Trinajstić information content (AvgIpc) is 2.87. The number of rotatable bonds is 3. The lowest BCUT2D eigenvalue weighted by atomic mass is 10.2. The minimum Gasteiger partial charge on any atom is -0.457 e. The Labute approximate surface area is 104 Å². The lowest BCUT2D eigenvalue weighted by molar-refractivity contribution is 0.276. The number of hydrogen-bond acceptors (Lipinski definition) is 3. The first-order valence-electron chi connectivity index (χ1n) is 5.66. The normalized spacial score (nSPS) is 10.7. The zero-order chi connectivity index (χ0) is 12.4. The molecule has 0 bridgehead atoms. The number of aromatic nitrogens is 2. The van der Waals surface area contributed by atoms with Gasteiger partial charge in [0.25, 0.3) is 0 Å². The molecule has 2 N–H and O–H groups in total. The van der Waals surface area contributed by atoms with Gasteiger partial charge in [0.2, 0.25) is 0 Å². The molecule has 0 saturated carbocycles. The van der Waals surface area contributed by atoms with Crippen molar-refractivity contribution < 1.29 is 9.84 Å². The van der Waals surface area contributed by atoms with Crippen molar-refractivity contribution in [1.82, 2.24) is 10.2 Å². The average molecular weight is 240 g/mol. The molecule has 2 aromatic carbocycles. The number of nitrogens with one attached hydrogen (secondary N) is 1. The van der Waals surface area contributed by atoms with Crippen LogP contribution in [0.4, 0.5) is 0 Å². The van der Waals surface area contributed by atoms with Crippen LogP contribution in [0.5, 0.6) is 11.5 Å². The van der Waals surface area contributed by atoms with Crippen LogP contribution in [-0.4, -0.2) is 15.3 Å². The van der Waals surface area contributed by atoms with Crippen LogP contribution in [0.15, 0.2) is 48.7 Å². The maximum atomic E-state index is 9.24. The smallest absolute Gasteiger partial charge is 0.132 e. The van der Waals surface area contributed by atoms with Crippen LogP contribution in [0.2, 0.25) is 0 Å². The molecule has 0 aliphatic heterocycles. The number of para-hydroxylation sites is 1. The Kier molecular flexibility index (Phi) is 2.70. The fraction of sp³-hybridized carbons (Fsp3) is 0.0714. The minimum atomic E-state index is -0.0376. The topological polar surface area (TPSA) is 58.1 Å². The van der Waals surface area contributed by atoms with Crippen LogP contribution >= 0.6 is 0 Å². The molecule has 18 heavy (non-hydrogen) atoms. The van der Waals surface area contributed by atoms with Crippen LogP contribution < -0.4 is 4.74 Å². The number of hydrogen-bond donors (Lipinski definition) is 2. The van der Waals surface area contributed by atoms with Crippen LogP contribution in [0, 0.1) is 0 Å². The zero-order valence-corrected chi connectivity index (χ0v) is 9.63. The third-order valence-electron chi connectivity index (χ3n) is 2.78. The van der Waals surface area contributed by atoms with Crippen molar-refractivity contribution in [2.45, 2.75) is 6.61 Å². The van der Waals surface area contributed by atoms with Gasteiger partial charge in [0, 0.05) is 10.9 Å². The summed E-state index contributed by atoms with van der Waals surface area (Å²) in [6.07, 6.45) is 1.75. The summed E-state index contributed by atoms with van der Waals surface area (Å²) in [6, 6.07) is 13.1. The maximum Gasteiger partial charge on any atom is 0.132 e. The first-order valence-corrected chi connectivity index (χ1v) is 5.66. The Morgan fingerprint density at radius 3 is 2.94 bits per heavy atom. The second-order valence-corrected chi connectivity index (χ2v) is 3.99. The highest BCUT2D eigenvalue weighted by Crippen LogP contribution is 2.27. The Hall–Kier alpha value is -2.33. The van der Waals surface area contributed by atoms with Gasteiger partial charge in [0.1, 0.15) is 11.5 Å². The van der Waals surface area contributed by atoms with Gasteiger partial charge in [-0.15, -0.1) is 0 Å². The molecule has 4 nitrogen and oxygen atoms in total. The molecule has 1 aromatic heterocycles. The zero-order valence-electron chi connectivity index (χ0n) is 9.63. The van der Waals surface area contributed by atoms with E-state index in [0.29, 0.717) is 5.75 Å². The predicted octanol–water partition coefficient (Wildman–Crippen LogP) is 2.85. The number of aromatic amines is 1. The van der Waals surface area contributed by atoms with E-state index in [9.17, 15) is 5.11 Å². The van der Waals surface area contributed by atoms with Crippen molar-refractivity contribution in [1.29, 1.82) is 0 Å². The van der Waals surface area contributed by atoms with Crippen molar-refractivity contribution >= 4 is 10.9 Å². The molecule has 0 radical (unpaired) electrons. The molecule has 3 rings (SSSR count). The number of ether oxygens (including phenoxy) is 1. The van der Waals surface area contributed by atoms with E-state index < -0.39 is 0 Å². The molecule has 0 aliphatic rings. The van der Waals surface area contributed by atoms with E-state index in [2.05, 4.69) is 10.2 Å². The highest BCUT2D eigenvalue weighted by atomic mass is 16.5. The molecular weight excluding hydrogens is 228 g/mol. The van der Waals surface area contributed by atoms with E-state index in [1.807, 2.05) is 42.5 Å². The summed E-state index contributed by atoms with van der Waals surface area (Å²) < 4.78 is 5.78. The molecule has 90 valence electrons. The standard InChI is InChI=1S/C14H12N2O2/c17-9-10-3-1-2-4-14(10)18-12-5-6-13-11(7-12)8-15-16-13/h1-8,17H,9H2,(H,15,16). The minimum absolute atomic E-state index is 0.0376. The van der Waals surface area contributed by atoms with Gasteiger partial charge in [-0.1, -0.05) is 18.2 Å². The van der Waals surface area contributed by atoms with Gasteiger partial charge in [-0.2, -0.15) is 5.10 Å². The molecule has 0 saturated heterocycles. The predicted molar refractivity (Wildman–Crippen MR) is 68.5 cm³/mol. The second kappa shape index (κ2) is 4.50. The van der Waals surface area contributed by atoms with Crippen molar-refractivity contribution in [3.05, 3.63) is 54.2 Å². The quantitative estimate of drug-likeness (QED) is 0.740. The Morgan fingerprint density at radius 2 is 2.06 bits per heavy atom. The molecule has 0 aliphatic carbocycles. The van der Waals surface area contributed by atoms with E-state index in [1.54, 1.807) is 6.20 Å². The monoisotopic (exact) mass is 240 g/mol. The summed E-state index contributed by atoms with van der Waals surface area (Å²) in [5, 5.41) is 17.1. The van der Waals surface area contributed by atoms with Crippen LogP contribution in [0.3, 0.4) is 0 Å². The van der Waals surface area contributed by atoms with E-state index in [-0.39, 0.29) is 6.61 Å². The van der Waals surface area contributed by atoms with Gasteiger partial charge in [-0.25, -0.2) is 0 Å². The number of nitrogens with zero attached hydrogens (tertiary/aromatic N) is 1. The maximum absolute atomic E-state index is 9.24. The summed E-state index contributed by atoms with van der Waals surface area (Å²) in [7, 11) is 0. The van der Waals surface area contributed by atoms with Crippen LogP contribution in [-0.2, 0) is 6.61 Å². The largest absolute Gasteiger partial charge is 0.457 e. The second-order valence-electron chi connectivity index (χ2n) is 3.99. The van der Waals surface area contributed by atoms with E-state index in [1.165, 1.54) is 0 Å². The fourth-order valence-electron chi connectivity index (χ4n) is 1.85. The Balaban J connectivity index is 1.95. The number of aliphatic hydroxyl groups excluding tert-OH is 1. The van der Waals surface area contributed by atoms with Crippen LogP contribution in [0.25, 0.3) is 10.9 Å². The van der Waals surface area contributed by atoms with Gasteiger partial charge < -0.3 is 9.84 Å². The molecule has 0 fully saturated rings. The summed E-state index contributed by atoms with van der Waals surface area (Å²) in [5.41, 5.74) is 1.74. The summed E-state index contributed by atoms with van der Waals surface area (Å²) in [5.74, 6) is 1.40. The highest BCUT2D eigenvalue weighted by molar-refractivity contribution is 5.79. The number of benzene rings is 2. The summed E-state index contributed by atoms with van der Waals surface area (Å²) in [4.78, 5) is 0. The number of fused-ring (bicyclic) bond motifs is 1. The Morgan fingerprint density at radius 1 is 1.17 bits per heavy atom. The van der Waals surface area contributed by atoms with Gasteiger partial charge in [-0.3, -0.25) is 5.10 Å². The van der Waals surface area contributed by atoms with E-state index in [0.717, 1.165) is 22.2 Å². The SMILES string of the molecule is OCc1ccccc1Oc1ccc2[nH]ncc2c1. The third kappa shape index (κ3) is 1.94. The molecule has 0 atom stereocenters.